The Kier molecular flexibility index (Phi) is 6.80. The van der Waals surface area contributed by atoms with Crippen molar-refractivity contribution in [2.75, 3.05) is 13.1 Å². The summed E-state index contributed by atoms with van der Waals surface area (Å²) in [5, 5.41) is 11.7. The monoisotopic (exact) mass is 359 g/mol. The Hall–Kier alpha value is -1.37. The van der Waals surface area contributed by atoms with Gasteiger partial charge in [0.05, 0.1) is 11.3 Å². The molecule has 1 saturated heterocycles. The van der Waals surface area contributed by atoms with E-state index in [0.717, 1.165) is 36.2 Å². The summed E-state index contributed by atoms with van der Waals surface area (Å²) < 4.78 is 1.74. The standard InChI is InChI=1S/C15H21N5O.2ClH/c1-9-7-16-5-4-13(9)18-15(21)11-6-12-10(2)19-20(3)14(12)17-8-11;;/h6,8-9,13,16H,4-5,7H2,1-3H3,(H,18,21);2*1H. The van der Waals surface area contributed by atoms with Crippen LogP contribution in [0.1, 0.15) is 29.4 Å². The van der Waals surface area contributed by atoms with Crippen molar-refractivity contribution in [2.24, 2.45) is 13.0 Å². The average molecular weight is 360 g/mol. The molecule has 0 radical (unpaired) electrons. The molecular weight excluding hydrogens is 337 g/mol. The molecule has 0 bridgehead atoms. The number of carbonyl (C=O) groups excluding carboxylic acids is 1. The van der Waals surface area contributed by atoms with Gasteiger partial charge in [-0.3, -0.25) is 9.48 Å². The lowest BCUT2D eigenvalue weighted by Gasteiger charge is -2.30. The Balaban J connectivity index is 0.00000132. The van der Waals surface area contributed by atoms with Crippen LogP contribution in [-0.2, 0) is 7.05 Å². The molecule has 2 aromatic heterocycles. The number of nitrogens with one attached hydrogen (secondary N) is 2. The highest BCUT2D eigenvalue weighted by Crippen LogP contribution is 2.17. The Labute approximate surface area is 148 Å². The summed E-state index contributed by atoms with van der Waals surface area (Å²) in [4.78, 5) is 16.8. The number of fused-ring (bicyclic) bond motifs is 1. The maximum Gasteiger partial charge on any atom is 0.253 e. The molecule has 2 N–H and O–H groups in total. The van der Waals surface area contributed by atoms with Gasteiger partial charge in [-0.05, 0) is 38.4 Å². The zero-order valence-corrected chi connectivity index (χ0v) is 15.1. The normalized spacial score (nSPS) is 20.5. The Bertz CT molecular complexity index is 688. The molecule has 0 aliphatic carbocycles. The Morgan fingerprint density at radius 3 is 2.87 bits per heavy atom. The van der Waals surface area contributed by atoms with Crippen LogP contribution in [0.25, 0.3) is 11.0 Å². The van der Waals surface area contributed by atoms with Crippen molar-refractivity contribution >= 4 is 41.8 Å². The van der Waals surface area contributed by atoms with E-state index in [0.29, 0.717) is 11.5 Å². The summed E-state index contributed by atoms with van der Waals surface area (Å²) in [6, 6.07) is 2.11. The molecule has 23 heavy (non-hydrogen) atoms. The van der Waals surface area contributed by atoms with E-state index in [2.05, 4.69) is 27.6 Å². The highest BCUT2D eigenvalue weighted by molar-refractivity contribution is 5.97. The number of aryl methyl sites for hydroxylation is 2. The van der Waals surface area contributed by atoms with E-state index in [4.69, 9.17) is 0 Å². The van der Waals surface area contributed by atoms with Gasteiger partial charge in [0, 0.05) is 24.7 Å². The van der Waals surface area contributed by atoms with Gasteiger partial charge in [-0.25, -0.2) is 4.98 Å². The second-order valence-corrected chi connectivity index (χ2v) is 5.85. The lowest BCUT2D eigenvalue weighted by atomic mass is 9.95. The molecule has 3 heterocycles. The lowest BCUT2D eigenvalue weighted by Crippen LogP contribution is -2.48. The summed E-state index contributed by atoms with van der Waals surface area (Å²) >= 11 is 0. The van der Waals surface area contributed by atoms with E-state index in [1.807, 2.05) is 20.0 Å². The molecule has 1 amide bonds. The maximum absolute atomic E-state index is 12.4. The number of hydrogen-bond donors (Lipinski definition) is 2. The van der Waals surface area contributed by atoms with Crippen molar-refractivity contribution in [1.29, 1.82) is 0 Å². The van der Waals surface area contributed by atoms with Crippen molar-refractivity contribution in [3.8, 4) is 0 Å². The Morgan fingerprint density at radius 1 is 1.43 bits per heavy atom. The number of halogens is 2. The second-order valence-electron chi connectivity index (χ2n) is 5.85. The van der Waals surface area contributed by atoms with Crippen LogP contribution in [0.3, 0.4) is 0 Å². The fourth-order valence-electron chi connectivity index (χ4n) is 2.91. The third kappa shape index (κ3) is 3.94. The third-order valence-corrected chi connectivity index (χ3v) is 4.23. The molecule has 3 rings (SSSR count). The first-order valence-corrected chi connectivity index (χ1v) is 7.37. The van der Waals surface area contributed by atoms with Gasteiger partial charge in [0.2, 0.25) is 0 Å². The number of amides is 1. The molecule has 2 aromatic rings. The summed E-state index contributed by atoms with van der Waals surface area (Å²) in [6.45, 7) is 5.99. The fraction of sp³-hybridized carbons (Fsp3) is 0.533. The van der Waals surface area contributed by atoms with E-state index >= 15 is 0 Å². The molecule has 0 aromatic carbocycles. The first kappa shape index (κ1) is 19.7. The maximum atomic E-state index is 12.4. The first-order chi connectivity index (χ1) is 10.1. The molecule has 8 heteroatoms. The van der Waals surface area contributed by atoms with E-state index in [1.165, 1.54) is 0 Å². The molecule has 6 nitrogen and oxygen atoms in total. The molecule has 1 fully saturated rings. The quantitative estimate of drug-likeness (QED) is 0.858. The number of hydrogen-bond acceptors (Lipinski definition) is 4. The number of carbonyl (C=O) groups is 1. The number of nitrogens with zero attached hydrogens (tertiary/aromatic N) is 3. The minimum atomic E-state index is -0.0496. The molecule has 2 unspecified atom stereocenters. The van der Waals surface area contributed by atoms with Crippen LogP contribution in [0.2, 0.25) is 0 Å². The number of aromatic nitrogens is 3. The Morgan fingerprint density at radius 2 is 2.17 bits per heavy atom. The van der Waals surface area contributed by atoms with Gasteiger partial charge < -0.3 is 10.6 Å². The molecule has 1 aliphatic rings. The van der Waals surface area contributed by atoms with Crippen molar-refractivity contribution in [3.63, 3.8) is 0 Å². The third-order valence-electron chi connectivity index (χ3n) is 4.23. The van der Waals surface area contributed by atoms with E-state index in [-0.39, 0.29) is 36.8 Å². The largest absolute Gasteiger partial charge is 0.349 e. The molecular formula is C15H23Cl2N5O. The second kappa shape index (κ2) is 7.95. The minimum absolute atomic E-state index is 0. The lowest BCUT2D eigenvalue weighted by molar-refractivity contribution is 0.0914. The topological polar surface area (TPSA) is 71.8 Å². The fourth-order valence-corrected chi connectivity index (χ4v) is 2.91. The minimum Gasteiger partial charge on any atom is -0.349 e. The number of pyridine rings is 1. The molecule has 0 spiro atoms. The summed E-state index contributed by atoms with van der Waals surface area (Å²) in [5.74, 6) is 0.394. The SMILES string of the molecule is Cc1nn(C)c2ncc(C(=O)NC3CCNCC3C)cc12.Cl.Cl. The first-order valence-electron chi connectivity index (χ1n) is 7.37. The molecule has 128 valence electrons. The molecule has 0 saturated carbocycles. The predicted molar refractivity (Wildman–Crippen MR) is 95.6 cm³/mol. The van der Waals surface area contributed by atoms with Gasteiger partial charge in [0.15, 0.2) is 5.65 Å². The van der Waals surface area contributed by atoms with Gasteiger partial charge in [-0.15, -0.1) is 24.8 Å². The van der Waals surface area contributed by atoms with Gasteiger partial charge in [0.25, 0.3) is 5.91 Å². The van der Waals surface area contributed by atoms with Crippen LogP contribution in [0, 0.1) is 12.8 Å². The highest BCUT2D eigenvalue weighted by atomic mass is 35.5. The van der Waals surface area contributed by atoms with Crippen molar-refractivity contribution in [1.82, 2.24) is 25.4 Å². The van der Waals surface area contributed by atoms with E-state index in [9.17, 15) is 4.79 Å². The van der Waals surface area contributed by atoms with Crippen LogP contribution in [0.15, 0.2) is 12.3 Å². The van der Waals surface area contributed by atoms with Crippen LogP contribution in [-0.4, -0.2) is 39.8 Å². The van der Waals surface area contributed by atoms with Gasteiger partial charge in [0.1, 0.15) is 0 Å². The van der Waals surface area contributed by atoms with Crippen LogP contribution in [0.4, 0.5) is 0 Å². The average Bonchev–Trinajstić information content (AvgIpc) is 2.76. The van der Waals surface area contributed by atoms with Gasteiger partial charge in [-0.2, -0.15) is 5.10 Å². The van der Waals surface area contributed by atoms with Crippen molar-refractivity contribution in [2.45, 2.75) is 26.3 Å². The van der Waals surface area contributed by atoms with E-state index in [1.54, 1.807) is 10.9 Å². The summed E-state index contributed by atoms with van der Waals surface area (Å²) in [5.41, 5.74) is 2.30. The van der Waals surface area contributed by atoms with Gasteiger partial charge >= 0.3 is 0 Å². The van der Waals surface area contributed by atoms with Crippen LogP contribution < -0.4 is 10.6 Å². The summed E-state index contributed by atoms with van der Waals surface area (Å²) in [6.07, 6.45) is 2.60. The zero-order valence-electron chi connectivity index (χ0n) is 13.5. The van der Waals surface area contributed by atoms with Crippen molar-refractivity contribution < 1.29 is 4.79 Å². The van der Waals surface area contributed by atoms with Crippen LogP contribution in [0.5, 0.6) is 0 Å². The zero-order chi connectivity index (χ0) is 15.0. The molecule has 2 atom stereocenters. The highest BCUT2D eigenvalue weighted by Gasteiger charge is 2.23. The van der Waals surface area contributed by atoms with Crippen molar-refractivity contribution in [3.05, 3.63) is 23.5 Å². The number of piperidine rings is 1. The van der Waals surface area contributed by atoms with E-state index < -0.39 is 0 Å². The summed E-state index contributed by atoms with van der Waals surface area (Å²) in [7, 11) is 1.86. The molecule has 1 aliphatic heterocycles. The van der Waals surface area contributed by atoms with Crippen LogP contribution >= 0.6 is 24.8 Å². The van der Waals surface area contributed by atoms with Gasteiger partial charge in [-0.1, -0.05) is 6.92 Å². The number of rotatable bonds is 2. The predicted octanol–water partition coefficient (Wildman–Crippen LogP) is 1.85. The smallest absolute Gasteiger partial charge is 0.253 e.